The molecule has 0 aromatic carbocycles. The van der Waals surface area contributed by atoms with E-state index < -0.39 is 0 Å². The number of nitrogens with zero attached hydrogens (tertiary/aromatic N) is 1. The molecule has 1 aliphatic heterocycles. The fraction of sp³-hybridized carbons (Fsp3) is 0.625. The quantitative estimate of drug-likeness (QED) is 0.551. The number of hydrogen-bond donors (Lipinski definition) is 0. The van der Waals surface area contributed by atoms with Gasteiger partial charge in [0.05, 0.1) is 6.54 Å². The molecule has 0 N–H and O–H groups in total. The molecular formula is C8H11NO2. The molecule has 3 heteroatoms. The van der Waals surface area contributed by atoms with E-state index in [9.17, 15) is 4.79 Å². The first-order valence-corrected chi connectivity index (χ1v) is 3.91. The van der Waals surface area contributed by atoms with Crippen molar-refractivity contribution < 1.29 is 9.63 Å². The lowest BCUT2D eigenvalue weighted by molar-refractivity contribution is -0.106. The van der Waals surface area contributed by atoms with Crippen molar-refractivity contribution >= 4 is 6.29 Å². The van der Waals surface area contributed by atoms with Crippen LogP contribution in [0.5, 0.6) is 0 Å². The number of hydroxylamine groups is 2. The normalized spacial score (nSPS) is 25.5. The molecule has 2 rings (SSSR count). The zero-order chi connectivity index (χ0) is 7.84. The molecule has 0 atom stereocenters. The van der Waals surface area contributed by atoms with Crippen molar-refractivity contribution in [1.29, 1.82) is 0 Å². The van der Waals surface area contributed by atoms with Gasteiger partial charge in [-0.1, -0.05) is 0 Å². The number of rotatable bonds is 2. The molecule has 0 bridgehead atoms. The molecule has 11 heavy (non-hydrogen) atoms. The van der Waals surface area contributed by atoms with E-state index in [0.717, 1.165) is 17.6 Å². The number of carbonyl (C=O) groups excluding carboxylic acids is 1. The second-order valence-electron chi connectivity index (χ2n) is 3.10. The molecule has 0 unspecified atom stereocenters. The van der Waals surface area contributed by atoms with Gasteiger partial charge >= 0.3 is 0 Å². The Morgan fingerprint density at radius 1 is 1.64 bits per heavy atom. The lowest BCUT2D eigenvalue weighted by Gasteiger charge is -2.13. The van der Waals surface area contributed by atoms with Gasteiger partial charge in [0.2, 0.25) is 0 Å². The van der Waals surface area contributed by atoms with Gasteiger partial charge in [-0.3, -0.25) is 4.79 Å². The summed E-state index contributed by atoms with van der Waals surface area (Å²) in [7, 11) is 0. The third-order valence-electron chi connectivity index (χ3n) is 2.13. The highest BCUT2D eigenvalue weighted by atomic mass is 16.7. The maximum Gasteiger partial charge on any atom is 0.150 e. The third-order valence-corrected chi connectivity index (χ3v) is 2.13. The standard InChI is InChI=1S/C8H11NO2/c1-6-7(5-10)4-9(11-6)8-2-3-8/h5,8H,2-4H2,1H3. The smallest absolute Gasteiger partial charge is 0.150 e. The molecule has 1 saturated carbocycles. The van der Waals surface area contributed by atoms with Crippen LogP contribution in [0.3, 0.4) is 0 Å². The molecule has 60 valence electrons. The molecule has 2 aliphatic rings. The van der Waals surface area contributed by atoms with Crippen LogP contribution in [-0.4, -0.2) is 23.9 Å². The summed E-state index contributed by atoms with van der Waals surface area (Å²) in [6, 6.07) is 0.572. The Morgan fingerprint density at radius 2 is 2.36 bits per heavy atom. The zero-order valence-corrected chi connectivity index (χ0v) is 6.54. The van der Waals surface area contributed by atoms with Crippen LogP contribution in [0.25, 0.3) is 0 Å². The molecule has 0 spiro atoms. The zero-order valence-electron chi connectivity index (χ0n) is 6.54. The fourth-order valence-corrected chi connectivity index (χ4v) is 1.23. The molecule has 0 saturated heterocycles. The Balaban J connectivity index is 2.02. The Kier molecular flexibility index (Phi) is 1.46. The minimum Gasteiger partial charge on any atom is -0.410 e. The Bertz CT molecular complexity index is 218. The topological polar surface area (TPSA) is 29.5 Å². The molecule has 1 fully saturated rings. The van der Waals surface area contributed by atoms with Gasteiger partial charge < -0.3 is 4.84 Å². The number of aldehydes is 1. The number of hydrogen-bond acceptors (Lipinski definition) is 3. The summed E-state index contributed by atoms with van der Waals surface area (Å²) in [6.07, 6.45) is 3.30. The van der Waals surface area contributed by atoms with Gasteiger partial charge in [0.25, 0.3) is 0 Å². The van der Waals surface area contributed by atoms with E-state index in [4.69, 9.17) is 4.84 Å². The van der Waals surface area contributed by atoms with Gasteiger partial charge in [0.1, 0.15) is 5.76 Å². The van der Waals surface area contributed by atoms with Crippen LogP contribution in [0.2, 0.25) is 0 Å². The number of allylic oxidation sites excluding steroid dienone is 1. The third kappa shape index (κ3) is 1.16. The summed E-state index contributed by atoms with van der Waals surface area (Å²) in [5.41, 5.74) is 0.789. The van der Waals surface area contributed by atoms with E-state index in [1.54, 1.807) is 0 Å². The highest BCUT2D eigenvalue weighted by Crippen LogP contribution is 2.32. The highest BCUT2D eigenvalue weighted by Gasteiger charge is 2.35. The summed E-state index contributed by atoms with van der Waals surface area (Å²) in [5, 5.41) is 1.90. The SMILES string of the molecule is CC1=C(C=O)CN(C2CC2)O1. The maximum atomic E-state index is 10.4. The summed E-state index contributed by atoms with van der Waals surface area (Å²) in [6.45, 7) is 2.52. The van der Waals surface area contributed by atoms with Crippen molar-refractivity contribution in [2.75, 3.05) is 6.54 Å². The first-order valence-electron chi connectivity index (χ1n) is 3.91. The van der Waals surface area contributed by atoms with Gasteiger partial charge in [0.15, 0.2) is 6.29 Å². The molecule has 1 aliphatic carbocycles. The van der Waals surface area contributed by atoms with E-state index in [1.807, 2.05) is 12.0 Å². The van der Waals surface area contributed by atoms with Crippen LogP contribution >= 0.6 is 0 Å². The predicted molar refractivity (Wildman–Crippen MR) is 39.6 cm³/mol. The van der Waals surface area contributed by atoms with Crippen LogP contribution in [0.4, 0.5) is 0 Å². The second kappa shape index (κ2) is 2.34. The lowest BCUT2D eigenvalue weighted by atomic mass is 10.3. The molecule has 3 nitrogen and oxygen atoms in total. The van der Waals surface area contributed by atoms with Crippen LogP contribution < -0.4 is 0 Å². The van der Waals surface area contributed by atoms with E-state index in [2.05, 4.69) is 0 Å². The fourth-order valence-electron chi connectivity index (χ4n) is 1.23. The van der Waals surface area contributed by atoms with Gasteiger partial charge in [-0.05, 0) is 19.8 Å². The summed E-state index contributed by atoms with van der Waals surface area (Å²) >= 11 is 0. The first-order chi connectivity index (χ1) is 5.31. The van der Waals surface area contributed by atoms with Crippen molar-refractivity contribution in [2.24, 2.45) is 0 Å². The molecular weight excluding hydrogens is 142 g/mol. The average molecular weight is 153 g/mol. The lowest BCUT2D eigenvalue weighted by Crippen LogP contribution is -2.21. The summed E-state index contributed by atoms with van der Waals surface area (Å²) < 4.78 is 0. The first kappa shape index (κ1) is 6.85. The Morgan fingerprint density at radius 3 is 2.82 bits per heavy atom. The Hall–Kier alpha value is -0.830. The number of carbonyl (C=O) groups is 1. The maximum absolute atomic E-state index is 10.4. The second-order valence-corrected chi connectivity index (χ2v) is 3.10. The highest BCUT2D eigenvalue weighted by molar-refractivity contribution is 5.75. The minimum absolute atomic E-state index is 0.572. The largest absolute Gasteiger partial charge is 0.410 e. The van der Waals surface area contributed by atoms with Gasteiger partial charge in [-0.15, -0.1) is 5.06 Å². The van der Waals surface area contributed by atoms with Gasteiger partial charge in [-0.25, -0.2) is 0 Å². The molecule has 0 aromatic rings. The molecule has 0 radical (unpaired) electrons. The van der Waals surface area contributed by atoms with E-state index >= 15 is 0 Å². The molecule has 0 amide bonds. The molecule has 0 aromatic heterocycles. The van der Waals surface area contributed by atoms with Crippen LogP contribution in [0.15, 0.2) is 11.3 Å². The monoisotopic (exact) mass is 153 g/mol. The van der Waals surface area contributed by atoms with Crippen molar-refractivity contribution in [3.63, 3.8) is 0 Å². The van der Waals surface area contributed by atoms with Crippen molar-refractivity contribution in [1.82, 2.24) is 5.06 Å². The van der Waals surface area contributed by atoms with E-state index in [0.29, 0.717) is 12.6 Å². The average Bonchev–Trinajstić information content (AvgIpc) is 2.76. The predicted octanol–water partition coefficient (Wildman–Crippen LogP) is 0.869. The van der Waals surface area contributed by atoms with E-state index in [-0.39, 0.29) is 0 Å². The van der Waals surface area contributed by atoms with Crippen LogP contribution in [0, 0.1) is 0 Å². The van der Waals surface area contributed by atoms with Crippen molar-refractivity contribution in [3.05, 3.63) is 11.3 Å². The van der Waals surface area contributed by atoms with Crippen molar-refractivity contribution in [3.8, 4) is 0 Å². The summed E-state index contributed by atoms with van der Waals surface area (Å²) in [4.78, 5) is 15.8. The minimum atomic E-state index is 0.572. The van der Waals surface area contributed by atoms with E-state index in [1.165, 1.54) is 12.8 Å². The van der Waals surface area contributed by atoms with Crippen LogP contribution in [-0.2, 0) is 9.63 Å². The van der Waals surface area contributed by atoms with Gasteiger partial charge in [0, 0.05) is 11.6 Å². The van der Waals surface area contributed by atoms with Crippen LogP contribution in [0.1, 0.15) is 19.8 Å². The van der Waals surface area contributed by atoms with Crippen molar-refractivity contribution in [2.45, 2.75) is 25.8 Å². The summed E-state index contributed by atoms with van der Waals surface area (Å²) in [5.74, 6) is 0.770. The van der Waals surface area contributed by atoms with Gasteiger partial charge in [-0.2, -0.15) is 0 Å². The molecule has 1 heterocycles. The Labute approximate surface area is 65.6 Å².